The molecule has 3 N–H and O–H groups in total. The molecule has 2 aromatic rings. The van der Waals surface area contributed by atoms with E-state index in [0.717, 1.165) is 16.7 Å². The van der Waals surface area contributed by atoms with Gasteiger partial charge in [-0.1, -0.05) is 13.8 Å². The van der Waals surface area contributed by atoms with Crippen LogP contribution in [0, 0.1) is 5.92 Å². The summed E-state index contributed by atoms with van der Waals surface area (Å²) in [4.78, 5) is 16.6. The molecule has 1 atom stereocenters. The Morgan fingerprint density at radius 1 is 1.12 bits per heavy atom. The fourth-order valence-corrected chi connectivity index (χ4v) is 1.55. The standard InChI is InChI=1S/C12H17N3O/c1-7(2)8(3)13-9-4-5-10-11(6-9)15-12(16)14-10/h4-8,13H,1-3H3,(H2,14,15,16). The van der Waals surface area contributed by atoms with E-state index in [1.165, 1.54) is 0 Å². The first-order valence-electron chi connectivity index (χ1n) is 5.55. The average Bonchev–Trinajstić information content (AvgIpc) is 2.57. The van der Waals surface area contributed by atoms with Crippen LogP contribution in [0.25, 0.3) is 11.0 Å². The zero-order chi connectivity index (χ0) is 11.7. The van der Waals surface area contributed by atoms with E-state index in [4.69, 9.17) is 0 Å². The third-order valence-corrected chi connectivity index (χ3v) is 2.91. The number of hydrogen-bond acceptors (Lipinski definition) is 2. The van der Waals surface area contributed by atoms with Crippen molar-refractivity contribution >= 4 is 16.7 Å². The molecule has 0 aliphatic heterocycles. The van der Waals surface area contributed by atoms with Crippen LogP contribution < -0.4 is 11.0 Å². The van der Waals surface area contributed by atoms with Gasteiger partial charge in [0.2, 0.25) is 0 Å². The van der Waals surface area contributed by atoms with E-state index in [9.17, 15) is 4.79 Å². The second-order valence-corrected chi connectivity index (χ2v) is 4.52. The summed E-state index contributed by atoms with van der Waals surface area (Å²) in [5, 5.41) is 3.41. The van der Waals surface area contributed by atoms with Crippen LogP contribution in [-0.4, -0.2) is 16.0 Å². The minimum absolute atomic E-state index is 0.163. The maximum Gasteiger partial charge on any atom is 0.323 e. The van der Waals surface area contributed by atoms with Crippen molar-refractivity contribution in [2.24, 2.45) is 5.92 Å². The van der Waals surface area contributed by atoms with Crippen molar-refractivity contribution in [3.63, 3.8) is 0 Å². The Balaban J connectivity index is 2.28. The number of aromatic nitrogens is 2. The molecule has 16 heavy (non-hydrogen) atoms. The Kier molecular flexibility index (Phi) is 2.73. The van der Waals surface area contributed by atoms with Gasteiger partial charge in [-0.05, 0) is 31.0 Å². The number of H-pyrrole nitrogens is 2. The normalized spacial score (nSPS) is 13.2. The molecule has 1 aromatic heterocycles. The first-order chi connectivity index (χ1) is 7.56. The van der Waals surface area contributed by atoms with Gasteiger partial charge in [0.15, 0.2) is 0 Å². The van der Waals surface area contributed by atoms with E-state index in [1.807, 2.05) is 18.2 Å². The highest BCUT2D eigenvalue weighted by molar-refractivity contribution is 5.78. The molecule has 0 fully saturated rings. The Bertz CT molecular complexity index is 538. The number of aromatic amines is 2. The average molecular weight is 219 g/mol. The van der Waals surface area contributed by atoms with Crippen LogP contribution in [0.3, 0.4) is 0 Å². The van der Waals surface area contributed by atoms with Gasteiger partial charge in [-0.2, -0.15) is 0 Å². The van der Waals surface area contributed by atoms with E-state index in [1.54, 1.807) is 0 Å². The number of nitrogens with one attached hydrogen (secondary N) is 3. The van der Waals surface area contributed by atoms with E-state index < -0.39 is 0 Å². The predicted octanol–water partition coefficient (Wildman–Crippen LogP) is 2.31. The van der Waals surface area contributed by atoms with Crippen LogP contribution in [-0.2, 0) is 0 Å². The van der Waals surface area contributed by atoms with Gasteiger partial charge in [0, 0.05) is 11.7 Å². The molecule has 2 rings (SSSR count). The molecular formula is C12H17N3O. The Morgan fingerprint density at radius 2 is 1.81 bits per heavy atom. The van der Waals surface area contributed by atoms with Crippen LogP contribution in [0.2, 0.25) is 0 Å². The lowest BCUT2D eigenvalue weighted by Gasteiger charge is -2.18. The van der Waals surface area contributed by atoms with Crippen molar-refractivity contribution in [3.8, 4) is 0 Å². The monoisotopic (exact) mass is 219 g/mol. The number of fused-ring (bicyclic) bond motifs is 1. The van der Waals surface area contributed by atoms with Gasteiger partial charge in [-0.15, -0.1) is 0 Å². The minimum atomic E-state index is -0.163. The summed E-state index contributed by atoms with van der Waals surface area (Å²) in [6.07, 6.45) is 0. The summed E-state index contributed by atoms with van der Waals surface area (Å²) in [5.41, 5.74) is 2.55. The van der Waals surface area contributed by atoms with Crippen LogP contribution in [0.4, 0.5) is 5.69 Å². The number of rotatable bonds is 3. The second kappa shape index (κ2) is 4.04. The number of anilines is 1. The zero-order valence-corrected chi connectivity index (χ0v) is 9.79. The number of hydrogen-bond donors (Lipinski definition) is 3. The van der Waals surface area contributed by atoms with Crippen molar-refractivity contribution in [2.45, 2.75) is 26.8 Å². The molecule has 0 aliphatic carbocycles. The summed E-state index contributed by atoms with van der Waals surface area (Å²) in [6, 6.07) is 6.24. The molecule has 0 bridgehead atoms. The lowest BCUT2D eigenvalue weighted by molar-refractivity contribution is 0.560. The van der Waals surface area contributed by atoms with Crippen LogP contribution in [0.1, 0.15) is 20.8 Å². The Labute approximate surface area is 94.1 Å². The van der Waals surface area contributed by atoms with Gasteiger partial charge in [0.25, 0.3) is 0 Å². The van der Waals surface area contributed by atoms with Crippen molar-refractivity contribution in [1.29, 1.82) is 0 Å². The van der Waals surface area contributed by atoms with Crippen LogP contribution >= 0.6 is 0 Å². The Hall–Kier alpha value is -1.71. The lowest BCUT2D eigenvalue weighted by Crippen LogP contribution is -2.21. The van der Waals surface area contributed by atoms with Gasteiger partial charge in [0.05, 0.1) is 11.0 Å². The van der Waals surface area contributed by atoms with Crippen LogP contribution in [0.5, 0.6) is 0 Å². The molecule has 0 saturated heterocycles. The van der Waals surface area contributed by atoms with Crippen molar-refractivity contribution in [1.82, 2.24) is 9.97 Å². The third kappa shape index (κ3) is 2.10. The molecule has 86 valence electrons. The third-order valence-electron chi connectivity index (χ3n) is 2.91. The summed E-state index contributed by atoms with van der Waals surface area (Å²) in [5.74, 6) is 0.570. The lowest BCUT2D eigenvalue weighted by atomic mass is 10.1. The summed E-state index contributed by atoms with van der Waals surface area (Å²) >= 11 is 0. The SMILES string of the molecule is CC(C)C(C)Nc1ccc2[nH]c(=O)[nH]c2c1. The highest BCUT2D eigenvalue weighted by Crippen LogP contribution is 2.17. The van der Waals surface area contributed by atoms with Gasteiger partial charge >= 0.3 is 5.69 Å². The molecular weight excluding hydrogens is 202 g/mol. The topological polar surface area (TPSA) is 60.7 Å². The fraction of sp³-hybridized carbons (Fsp3) is 0.417. The largest absolute Gasteiger partial charge is 0.382 e. The van der Waals surface area contributed by atoms with Gasteiger partial charge in [0.1, 0.15) is 0 Å². The van der Waals surface area contributed by atoms with Crippen molar-refractivity contribution < 1.29 is 0 Å². The first kappa shape index (κ1) is 10.8. The highest BCUT2D eigenvalue weighted by Gasteiger charge is 2.07. The number of imidazole rings is 1. The smallest absolute Gasteiger partial charge is 0.323 e. The zero-order valence-electron chi connectivity index (χ0n) is 9.79. The first-order valence-corrected chi connectivity index (χ1v) is 5.55. The fourth-order valence-electron chi connectivity index (χ4n) is 1.55. The molecule has 4 heteroatoms. The molecule has 0 aliphatic rings. The summed E-state index contributed by atoms with van der Waals surface area (Å²) in [7, 11) is 0. The van der Waals surface area contributed by atoms with Gasteiger partial charge in [-0.25, -0.2) is 4.79 Å². The van der Waals surface area contributed by atoms with Crippen molar-refractivity contribution in [3.05, 3.63) is 28.7 Å². The van der Waals surface area contributed by atoms with E-state index in [-0.39, 0.29) is 5.69 Å². The molecule has 0 spiro atoms. The van der Waals surface area contributed by atoms with E-state index in [0.29, 0.717) is 12.0 Å². The van der Waals surface area contributed by atoms with E-state index in [2.05, 4.69) is 36.1 Å². The molecule has 0 saturated carbocycles. The molecule has 1 heterocycles. The predicted molar refractivity (Wildman–Crippen MR) is 66.8 cm³/mol. The molecule has 1 aromatic carbocycles. The molecule has 1 unspecified atom stereocenters. The quantitative estimate of drug-likeness (QED) is 0.741. The molecule has 0 amide bonds. The highest BCUT2D eigenvalue weighted by atomic mass is 16.1. The van der Waals surface area contributed by atoms with Crippen molar-refractivity contribution in [2.75, 3.05) is 5.32 Å². The number of benzene rings is 1. The minimum Gasteiger partial charge on any atom is -0.382 e. The molecule has 4 nitrogen and oxygen atoms in total. The Morgan fingerprint density at radius 3 is 2.50 bits per heavy atom. The second-order valence-electron chi connectivity index (χ2n) is 4.52. The van der Waals surface area contributed by atoms with E-state index >= 15 is 0 Å². The summed E-state index contributed by atoms with van der Waals surface area (Å²) < 4.78 is 0. The van der Waals surface area contributed by atoms with Gasteiger partial charge < -0.3 is 15.3 Å². The maximum absolute atomic E-state index is 11.1. The van der Waals surface area contributed by atoms with Gasteiger partial charge in [-0.3, -0.25) is 0 Å². The summed E-state index contributed by atoms with van der Waals surface area (Å²) in [6.45, 7) is 6.50. The molecule has 0 radical (unpaired) electrons. The van der Waals surface area contributed by atoms with Crippen LogP contribution in [0.15, 0.2) is 23.0 Å². The maximum atomic E-state index is 11.1.